The Bertz CT molecular complexity index is 1180. The summed E-state index contributed by atoms with van der Waals surface area (Å²) in [5.74, 6) is 0.507. The van der Waals surface area contributed by atoms with Crippen molar-refractivity contribution >= 4 is 17.0 Å². The molecule has 0 saturated carbocycles. The van der Waals surface area contributed by atoms with E-state index in [0.29, 0.717) is 33.8 Å². The molecular weight excluding hydrogens is 354 g/mol. The SMILES string of the molecule is Cc1noc2nc(-c3ccco3)cc(C(=O)N(C)[C@H]3CCc4ccccc43)c12. The van der Waals surface area contributed by atoms with E-state index in [1.54, 1.807) is 18.4 Å². The fourth-order valence-corrected chi connectivity index (χ4v) is 4.08. The van der Waals surface area contributed by atoms with E-state index < -0.39 is 0 Å². The normalized spacial score (nSPS) is 15.7. The Morgan fingerprint density at radius 3 is 2.89 bits per heavy atom. The third-order valence-corrected chi connectivity index (χ3v) is 5.51. The summed E-state index contributed by atoms with van der Waals surface area (Å²) in [5, 5.41) is 4.67. The zero-order chi connectivity index (χ0) is 19.3. The fraction of sp³-hybridized carbons (Fsp3) is 0.227. The molecule has 1 amide bonds. The molecule has 1 aromatic carbocycles. The molecule has 0 bridgehead atoms. The Balaban J connectivity index is 1.60. The third-order valence-electron chi connectivity index (χ3n) is 5.51. The number of aromatic nitrogens is 2. The average Bonchev–Trinajstić information content (AvgIpc) is 3.46. The summed E-state index contributed by atoms with van der Waals surface area (Å²) in [5.41, 5.74) is 4.60. The molecule has 4 aromatic rings. The van der Waals surface area contributed by atoms with E-state index in [-0.39, 0.29) is 11.9 Å². The fourth-order valence-electron chi connectivity index (χ4n) is 4.08. The lowest BCUT2D eigenvalue weighted by Gasteiger charge is -2.26. The number of benzene rings is 1. The van der Waals surface area contributed by atoms with Gasteiger partial charge in [-0.25, -0.2) is 4.98 Å². The van der Waals surface area contributed by atoms with Gasteiger partial charge in [-0.2, -0.15) is 0 Å². The highest BCUT2D eigenvalue weighted by Crippen LogP contribution is 2.36. The minimum Gasteiger partial charge on any atom is -0.463 e. The molecule has 3 aromatic heterocycles. The summed E-state index contributed by atoms with van der Waals surface area (Å²) in [6.45, 7) is 1.82. The number of rotatable bonds is 3. The molecule has 0 unspecified atom stereocenters. The third kappa shape index (κ3) is 2.52. The average molecular weight is 373 g/mol. The van der Waals surface area contributed by atoms with Gasteiger partial charge in [-0.1, -0.05) is 29.4 Å². The predicted octanol–water partition coefficient (Wildman–Crippen LogP) is 4.55. The minimum atomic E-state index is -0.0757. The lowest BCUT2D eigenvalue weighted by Crippen LogP contribution is -2.30. The van der Waals surface area contributed by atoms with Crippen LogP contribution in [0.5, 0.6) is 0 Å². The number of aryl methyl sites for hydroxylation is 2. The lowest BCUT2D eigenvalue weighted by atomic mass is 10.0. The molecule has 1 aliphatic carbocycles. The molecule has 1 atom stereocenters. The highest BCUT2D eigenvalue weighted by Gasteiger charge is 2.31. The van der Waals surface area contributed by atoms with Crippen molar-refractivity contribution in [3.8, 4) is 11.5 Å². The summed E-state index contributed by atoms with van der Waals surface area (Å²) in [4.78, 5) is 19.8. The lowest BCUT2D eigenvalue weighted by molar-refractivity contribution is 0.0732. The Kier molecular flexibility index (Phi) is 3.79. The number of carbonyl (C=O) groups excluding carboxylic acids is 1. The maximum absolute atomic E-state index is 13.5. The van der Waals surface area contributed by atoms with Gasteiger partial charge < -0.3 is 13.8 Å². The summed E-state index contributed by atoms with van der Waals surface area (Å²) >= 11 is 0. The van der Waals surface area contributed by atoms with Gasteiger partial charge in [0.15, 0.2) is 5.76 Å². The quantitative estimate of drug-likeness (QED) is 0.527. The van der Waals surface area contributed by atoms with Gasteiger partial charge in [-0.15, -0.1) is 0 Å². The predicted molar refractivity (Wildman–Crippen MR) is 104 cm³/mol. The first-order chi connectivity index (χ1) is 13.6. The van der Waals surface area contributed by atoms with Crippen LogP contribution in [-0.2, 0) is 6.42 Å². The van der Waals surface area contributed by atoms with Crippen molar-refractivity contribution in [2.24, 2.45) is 0 Å². The number of hydrogen-bond donors (Lipinski definition) is 0. The Morgan fingerprint density at radius 1 is 1.21 bits per heavy atom. The highest BCUT2D eigenvalue weighted by atomic mass is 16.5. The molecule has 0 saturated heterocycles. The number of pyridine rings is 1. The van der Waals surface area contributed by atoms with Crippen LogP contribution in [0.3, 0.4) is 0 Å². The smallest absolute Gasteiger partial charge is 0.259 e. The molecule has 140 valence electrons. The molecule has 3 heterocycles. The number of fused-ring (bicyclic) bond motifs is 2. The first-order valence-electron chi connectivity index (χ1n) is 9.29. The maximum Gasteiger partial charge on any atom is 0.259 e. The Morgan fingerprint density at radius 2 is 2.07 bits per heavy atom. The van der Waals surface area contributed by atoms with Crippen molar-refractivity contribution in [3.63, 3.8) is 0 Å². The molecule has 6 nitrogen and oxygen atoms in total. The summed E-state index contributed by atoms with van der Waals surface area (Å²) < 4.78 is 10.8. The molecule has 28 heavy (non-hydrogen) atoms. The van der Waals surface area contributed by atoms with Crippen LogP contribution in [0.1, 0.15) is 39.6 Å². The van der Waals surface area contributed by atoms with Gasteiger partial charge >= 0.3 is 0 Å². The largest absolute Gasteiger partial charge is 0.463 e. The van der Waals surface area contributed by atoms with Crippen molar-refractivity contribution in [1.29, 1.82) is 0 Å². The zero-order valence-electron chi connectivity index (χ0n) is 15.7. The summed E-state index contributed by atoms with van der Waals surface area (Å²) in [7, 11) is 1.86. The molecular formula is C22H19N3O3. The van der Waals surface area contributed by atoms with E-state index in [9.17, 15) is 4.79 Å². The Hall–Kier alpha value is -3.41. The molecule has 0 aliphatic heterocycles. The molecule has 0 N–H and O–H groups in total. The molecule has 0 radical (unpaired) electrons. The van der Waals surface area contributed by atoms with E-state index >= 15 is 0 Å². The molecule has 1 aliphatic rings. The van der Waals surface area contributed by atoms with Crippen LogP contribution in [0.4, 0.5) is 0 Å². The maximum atomic E-state index is 13.5. The Labute approximate surface area is 161 Å². The van der Waals surface area contributed by atoms with Crippen LogP contribution in [0.2, 0.25) is 0 Å². The van der Waals surface area contributed by atoms with Crippen molar-refractivity contribution < 1.29 is 13.7 Å². The van der Waals surface area contributed by atoms with Crippen LogP contribution in [0, 0.1) is 6.92 Å². The summed E-state index contributed by atoms with van der Waals surface area (Å²) in [6.07, 6.45) is 3.48. The van der Waals surface area contributed by atoms with Gasteiger partial charge in [0.25, 0.3) is 11.6 Å². The van der Waals surface area contributed by atoms with Gasteiger partial charge in [0.1, 0.15) is 5.69 Å². The van der Waals surface area contributed by atoms with E-state index in [2.05, 4.69) is 22.3 Å². The van der Waals surface area contributed by atoms with E-state index in [1.807, 2.05) is 37.1 Å². The van der Waals surface area contributed by atoms with Gasteiger partial charge in [0, 0.05) is 7.05 Å². The second kappa shape index (κ2) is 6.34. The topological polar surface area (TPSA) is 72.4 Å². The van der Waals surface area contributed by atoms with Gasteiger partial charge in [-0.3, -0.25) is 4.79 Å². The molecule has 5 rings (SSSR count). The van der Waals surface area contributed by atoms with Crippen molar-refractivity contribution in [3.05, 3.63) is 71.1 Å². The van der Waals surface area contributed by atoms with E-state index in [0.717, 1.165) is 12.8 Å². The van der Waals surface area contributed by atoms with E-state index in [4.69, 9.17) is 8.94 Å². The number of hydrogen-bond acceptors (Lipinski definition) is 5. The van der Waals surface area contributed by atoms with Crippen LogP contribution in [0.25, 0.3) is 22.6 Å². The van der Waals surface area contributed by atoms with Crippen LogP contribution >= 0.6 is 0 Å². The zero-order valence-corrected chi connectivity index (χ0v) is 15.7. The number of nitrogens with zero attached hydrogens (tertiary/aromatic N) is 3. The number of carbonyl (C=O) groups is 1. The van der Waals surface area contributed by atoms with E-state index in [1.165, 1.54) is 11.1 Å². The highest BCUT2D eigenvalue weighted by molar-refractivity contribution is 6.07. The van der Waals surface area contributed by atoms with Gasteiger partial charge in [0.2, 0.25) is 0 Å². The summed E-state index contributed by atoms with van der Waals surface area (Å²) in [6, 6.07) is 13.7. The van der Waals surface area contributed by atoms with Crippen molar-refractivity contribution in [2.75, 3.05) is 7.05 Å². The second-order valence-electron chi connectivity index (χ2n) is 7.15. The monoisotopic (exact) mass is 373 g/mol. The van der Waals surface area contributed by atoms with Crippen LogP contribution in [-0.4, -0.2) is 28.0 Å². The van der Waals surface area contributed by atoms with Crippen molar-refractivity contribution in [2.45, 2.75) is 25.8 Å². The van der Waals surface area contributed by atoms with Gasteiger partial charge in [0.05, 0.1) is 28.9 Å². The first-order valence-corrected chi connectivity index (χ1v) is 9.29. The second-order valence-corrected chi connectivity index (χ2v) is 7.15. The standard InChI is InChI=1S/C22H19N3O3/c1-13-20-16(12-17(19-8-5-11-27-19)23-21(20)28-24-13)22(26)25(2)18-10-9-14-6-3-4-7-15(14)18/h3-8,11-12,18H,9-10H2,1-2H3/t18-/m0/s1. The van der Waals surface area contributed by atoms with Crippen LogP contribution < -0.4 is 0 Å². The molecule has 0 fully saturated rings. The first kappa shape index (κ1) is 16.7. The van der Waals surface area contributed by atoms with Gasteiger partial charge in [-0.05, 0) is 49.1 Å². The molecule has 0 spiro atoms. The van der Waals surface area contributed by atoms with Crippen LogP contribution in [0.15, 0.2) is 57.7 Å². The number of amides is 1. The number of furan rings is 1. The minimum absolute atomic E-state index is 0.0548. The molecule has 6 heteroatoms. The van der Waals surface area contributed by atoms with Crippen molar-refractivity contribution in [1.82, 2.24) is 15.0 Å².